The van der Waals surface area contributed by atoms with E-state index in [0.29, 0.717) is 72.1 Å². The van der Waals surface area contributed by atoms with Gasteiger partial charge in [-0.1, -0.05) is 252 Å². The Bertz CT molecular complexity index is 1170. The van der Waals surface area contributed by atoms with Crippen molar-refractivity contribution in [3.8, 4) is 0 Å². The van der Waals surface area contributed by atoms with Crippen LogP contribution in [0.3, 0.4) is 0 Å². The van der Waals surface area contributed by atoms with Gasteiger partial charge in [0.15, 0.2) is 5.41 Å². The molecule has 0 aliphatic carbocycles. The van der Waals surface area contributed by atoms with Gasteiger partial charge in [-0.05, 0) is 26.2 Å². The molecule has 0 aliphatic rings. The normalized spacial score (nSPS) is 11.6. The lowest BCUT2D eigenvalue weighted by atomic mass is 9.91. The maximum absolute atomic E-state index is 14.2. The number of hydrogen-bond acceptors (Lipinski definition) is 13. The highest BCUT2D eigenvalue weighted by atomic mass is 16.6. The van der Waals surface area contributed by atoms with E-state index in [1.165, 1.54) is 173 Å². The molecule has 0 aromatic carbocycles. The summed E-state index contributed by atoms with van der Waals surface area (Å²) in [6.45, 7) is 11.5. The van der Waals surface area contributed by atoms with Crippen molar-refractivity contribution >= 4 is 23.9 Å². The standard InChI is InChI=1S/C65H124O13/c1-5-9-12-15-18-21-24-27-30-33-36-39-42-45-61(66)76-58-65(59-77-62(67)46-43-40-37-34-31-28-25-22-19-16-13-10-6-2,60-78-63(68)47-44-41-38-35-32-29-26-23-20-17-14-11-7-3)64(69)75-57-56-74-55-54-73-53-52-72-51-50-71-49-48-70-8-4/h5-60H2,1-4H3. The first-order valence-electron chi connectivity index (χ1n) is 32.9. The Kier molecular flexibility index (Phi) is 60.4. The second-order valence-electron chi connectivity index (χ2n) is 22.0. The molecule has 0 bridgehead atoms. The molecule has 0 aliphatic heterocycles. The van der Waals surface area contributed by atoms with Crippen LogP contribution in [0.4, 0.5) is 0 Å². The van der Waals surface area contributed by atoms with Crippen LogP contribution in [0.5, 0.6) is 0 Å². The van der Waals surface area contributed by atoms with Gasteiger partial charge in [-0.25, -0.2) is 0 Å². The third-order valence-electron chi connectivity index (χ3n) is 14.6. The summed E-state index contributed by atoms with van der Waals surface area (Å²) < 4.78 is 50.7. The molecule has 462 valence electrons. The molecule has 0 fully saturated rings. The van der Waals surface area contributed by atoms with Crippen molar-refractivity contribution in [2.24, 2.45) is 5.41 Å². The molecule has 13 nitrogen and oxygen atoms in total. The van der Waals surface area contributed by atoms with Crippen LogP contribution in [0.2, 0.25) is 0 Å². The minimum Gasteiger partial charge on any atom is -0.464 e. The second kappa shape index (κ2) is 62.3. The minimum atomic E-state index is -1.75. The van der Waals surface area contributed by atoms with Crippen LogP contribution in [-0.4, -0.2) is 116 Å². The fraction of sp³-hybridized carbons (Fsp3) is 0.938. The summed E-state index contributed by atoms with van der Waals surface area (Å²) in [4.78, 5) is 54.0. The zero-order chi connectivity index (χ0) is 56.8. The highest BCUT2D eigenvalue weighted by Gasteiger charge is 2.45. The van der Waals surface area contributed by atoms with Crippen LogP contribution < -0.4 is 0 Å². The van der Waals surface area contributed by atoms with Gasteiger partial charge in [-0.2, -0.15) is 0 Å². The first kappa shape index (κ1) is 75.7. The Labute approximate surface area is 479 Å². The second-order valence-corrected chi connectivity index (χ2v) is 22.0. The number of carbonyl (C=O) groups is 4. The van der Waals surface area contributed by atoms with Crippen molar-refractivity contribution in [1.82, 2.24) is 0 Å². The summed E-state index contributed by atoms with van der Waals surface area (Å²) in [5.41, 5.74) is -1.75. The molecular formula is C65H124O13. The molecule has 78 heavy (non-hydrogen) atoms. The van der Waals surface area contributed by atoms with Gasteiger partial charge in [0.05, 0.1) is 59.5 Å². The van der Waals surface area contributed by atoms with Gasteiger partial charge in [0.25, 0.3) is 0 Å². The van der Waals surface area contributed by atoms with Gasteiger partial charge in [0.2, 0.25) is 0 Å². The topological polar surface area (TPSA) is 151 Å². The predicted molar refractivity (Wildman–Crippen MR) is 317 cm³/mol. The molecule has 0 atom stereocenters. The quantitative estimate of drug-likeness (QED) is 0.0323. The fourth-order valence-corrected chi connectivity index (χ4v) is 9.41. The van der Waals surface area contributed by atoms with Crippen molar-refractivity contribution < 1.29 is 61.8 Å². The molecule has 0 saturated heterocycles. The summed E-state index contributed by atoms with van der Waals surface area (Å²) in [5.74, 6) is -2.14. The van der Waals surface area contributed by atoms with Gasteiger partial charge < -0.3 is 42.6 Å². The van der Waals surface area contributed by atoms with Crippen LogP contribution in [0, 0.1) is 5.41 Å². The summed E-state index contributed by atoms with van der Waals surface area (Å²) >= 11 is 0. The lowest BCUT2D eigenvalue weighted by molar-refractivity contribution is -0.180. The molecule has 0 rings (SSSR count). The zero-order valence-corrected chi connectivity index (χ0v) is 51.4. The maximum atomic E-state index is 14.2. The predicted octanol–water partition coefficient (Wildman–Crippen LogP) is 16.7. The first-order chi connectivity index (χ1) is 38.3. The monoisotopic (exact) mass is 1110 g/mol. The summed E-state index contributed by atoms with van der Waals surface area (Å²) in [6, 6.07) is 0. The number of hydrogen-bond donors (Lipinski definition) is 0. The van der Waals surface area contributed by atoms with E-state index >= 15 is 0 Å². The molecule has 0 amide bonds. The van der Waals surface area contributed by atoms with Gasteiger partial charge >= 0.3 is 23.9 Å². The molecule has 0 N–H and O–H groups in total. The average Bonchev–Trinajstić information content (AvgIpc) is 3.46. The fourth-order valence-electron chi connectivity index (χ4n) is 9.41. The molecule has 0 aromatic heterocycles. The van der Waals surface area contributed by atoms with Gasteiger partial charge in [-0.15, -0.1) is 0 Å². The van der Waals surface area contributed by atoms with Gasteiger partial charge in [0, 0.05) is 25.9 Å². The molecule has 13 heteroatoms. The SMILES string of the molecule is CCCCCCCCCCCCCCCC(=O)OCC(COC(=O)CCCCCCCCCCCCCCC)(COC(=O)CCCCCCCCCCCCCCC)C(=O)OCCOCCOCCOCCOCCOCC. The van der Waals surface area contributed by atoms with Crippen molar-refractivity contribution in [2.75, 3.05) is 92.5 Å². The van der Waals surface area contributed by atoms with Crippen LogP contribution in [-0.2, 0) is 61.8 Å². The Morgan fingerprint density at radius 2 is 0.449 bits per heavy atom. The Balaban J connectivity index is 5.43. The summed E-state index contributed by atoms with van der Waals surface area (Å²) in [7, 11) is 0. The van der Waals surface area contributed by atoms with Crippen LogP contribution in [0.25, 0.3) is 0 Å². The van der Waals surface area contributed by atoms with Crippen molar-refractivity contribution in [3.63, 3.8) is 0 Å². The maximum Gasteiger partial charge on any atom is 0.322 e. The number of ether oxygens (including phenoxy) is 9. The van der Waals surface area contributed by atoms with E-state index in [-0.39, 0.29) is 39.1 Å². The number of esters is 4. The lowest BCUT2D eigenvalue weighted by Gasteiger charge is -2.30. The van der Waals surface area contributed by atoms with E-state index in [4.69, 9.17) is 42.6 Å². The van der Waals surface area contributed by atoms with E-state index < -0.39 is 49.1 Å². The van der Waals surface area contributed by atoms with Crippen molar-refractivity contribution in [1.29, 1.82) is 0 Å². The van der Waals surface area contributed by atoms with Crippen LogP contribution in [0.15, 0.2) is 0 Å². The number of unbranched alkanes of at least 4 members (excludes halogenated alkanes) is 36. The van der Waals surface area contributed by atoms with Gasteiger partial charge in [-0.3, -0.25) is 19.2 Å². The average molecular weight is 1110 g/mol. The van der Waals surface area contributed by atoms with E-state index in [2.05, 4.69) is 20.8 Å². The minimum absolute atomic E-state index is 0.0806. The summed E-state index contributed by atoms with van der Waals surface area (Å²) in [5, 5.41) is 0. The largest absolute Gasteiger partial charge is 0.464 e. The highest BCUT2D eigenvalue weighted by Crippen LogP contribution is 2.25. The van der Waals surface area contributed by atoms with Crippen LogP contribution in [0.1, 0.15) is 297 Å². The van der Waals surface area contributed by atoms with E-state index in [9.17, 15) is 19.2 Å². The molecular weight excluding hydrogens is 989 g/mol. The molecule has 0 aromatic rings. The highest BCUT2D eigenvalue weighted by molar-refractivity contribution is 5.80. The van der Waals surface area contributed by atoms with E-state index in [1.54, 1.807) is 0 Å². The Morgan fingerprint density at radius 1 is 0.244 bits per heavy atom. The number of rotatable bonds is 65. The van der Waals surface area contributed by atoms with Gasteiger partial charge in [0.1, 0.15) is 26.4 Å². The van der Waals surface area contributed by atoms with Crippen molar-refractivity contribution in [3.05, 3.63) is 0 Å². The Hall–Kier alpha value is -2.32. The molecule has 0 heterocycles. The zero-order valence-electron chi connectivity index (χ0n) is 51.4. The molecule has 0 saturated carbocycles. The smallest absolute Gasteiger partial charge is 0.322 e. The number of carbonyl (C=O) groups excluding carboxylic acids is 4. The molecule has 0 spiro atoms. The molecule has 0 unspecified atom stereocenters. The van der Waals surface area contributed by atoms with E-state index in [0.717, 1.165) is 57.8 Å². The van der Waals surface area contributed by atoms with E-state index in [1.807, 2.05) is 6.92 Å². The molecule has 0 radical (unpaired) electrons. The van der Waals surface area contributed by atoms with Crippen LogP contribution >= 0.6 is 0 Å². The third kappa shape index (κ3) is 54.3. The summed E-state index contributed by atoms with van der Waals surface area (Å²) in [6.07, 6.45) is 47.1. The first-order valence-corrected chi connectivity index (χ1v) is 32.9. The van der Waals surface area contributed by atoms with Crippen molar-refractivity contribution in [2.45, 2.75) is 297 Å². The third-order valence-corrected chi connectivity index (χ3v) is 14.6. The lowest BCUT2D eigenvalue weighted by Crippen LogP contribution is -2.47. The Morgan fingerprint density at radius 3 is 0.679 bits per heavy atom.